The topological polar surface area (TPSA) is 37.3 Å². The lowest BCUT2D eigenvalue weighted by atomic mass is 9.96. The first-order valence-corrected chi connectivity index (χ1v) is 7.21. The van der Waals surface area contributed by atoms with Gasteiger partial charge in [-0.1, -0.05) is 6.07 Å². The van der Waals surface area contributed by atoms with Crippen LogP contribution in [-0.4, -0.2) is 17.9 Å². The Kier molecular flexibility index (Phi) is 3.62. The van der Waals surface area contributed by atoms with E-state index in [1.54, 1.807) is 20.9 Å². The number of pyridine rings is 1. The van der Waals surface area contributed by atoms with Gasteiger partial charge in [-0.3, -0.25) is 4.99 Å². The normalized spacial score (nSPS) is 15.7. The molecule has 1 N–H and O–H groups in total. The van der Waals surface area contributed by atoms with Gasteiger partial charge in [0.25, 0.3) is 0 Å². The van der Waals surface area contributed by atoms with E-state index in [0.717, 1.165) is 22.8 Å². The van der Waals surface area contributed by atoms with Gasteiger partial charge < -0.3 is 5.32 Å². The van der Waals surface area contributed by atoms with E-state index in [0.29, 0.717) is 23.2 Å². The van der Waals surface area contributed by atoms with Crippen molar-refractivity contribution in [3.05, 3.63) is 46.5 Å². The molecule has 2 heterocycles. The molecule has 1 aliphatic heterocycles. The molecule has 1 aromatic carbocycles. The molecular weight excluding hydrogens is 303 g/mol. The van der Waals surface area contributed by atoms with E-state index in [-0.39, 0.29) is 0 Å². The molecule has 2 aromatic rings. The summed E-state index contributed by atoms with van der Waals surface area (Å²) < 4.78 is 38.7. The number of nitrogens with zero attached hydrogens (tertiary/aromatic N) is 2. The molecule has 120 valence electrons. The number of benzene rings is 1. The smallest absolute Gasteiger partial charge is 0.328 e. The molecule has 23 heavy (non-hydrogen) atoms. The monoisotopic (exact) mass is 319 g/mol. The summed E-state index contributed by atoms with van der Waals surface area (Å²) in [6, 6.07) is 6.13. The summed E-state index contributed by atoms with van der Waals surface area (Å²) in [5.41, 5.74) is 2.94. The van der Waals surface area contributed by atoms with Crippen LogP contribution in [-0.2, 0) is 12.6 Å². The van der Waals surface area contributed by atoms with Crippen molar-refractivity contribution in [2.75, 3.05) is 12.4 Å². The number of nitrogens with one attached hydrogen (secondary N) is 1. The van der Waals surface area contributed by atoms with E-state index in [1.807, 2.05) is 12.1 Å². The summed E-state index contributed by atoms with van der Waals surface area (Å²) in [5.74, 6) is 1.56. The van der Waals surface area contributed by atoms with Crippen LogP contribution in [0.15, 0.2) is 29.3 Å². The molecular formula is C17H16F3N3. The zero-order chi connectivity index (χ0) is 16.8. The zero-order valence-electron chi connectivity index (χ0n) is 13.0. The van der Waals surface area contributed by atoms with Crippen molar-refractivity contribution in [1.29, 1.82) is 0 Å². The van der Waals surface area contributed by atoms with Gasteiger partial charge >= 0.3 is 6.18 Å². The van der Waals surface area contributed by atoms with Gasteiger partial charge in [0.1, 0.15) is 11.7 Å². The van der Waals surface area contributed by atoms with Gasteiger partial charge in [0.15, 0.2) is 0 Å². The third kappa shape index (κ3) is 2.81. The summed E-state index contributed by atoms with van der Waals surface area (Å²) in [6.45, 7) is 3.36. The van der Waals surface area contributed by atoms with Crippen molar-refractivity contribution in [3.63, 3.8) is 0 Å². The Hall–Kier alpha value is -2.37. The van der Waals surface area contributed by atoms with Crippen LogP contribution in [0.4, 0.5) is 19.0 Å². The quantitative estimate of drug-likeness (QED) is 0.847. The summed E-state index contributed by atoms with van der Waals surface area (Å²) in [7, 11) is 1.71. The molecule has 6 heteroatoms. The number of rotatable bonds is 1. The third-order valence-corrected chi connectivity index (χ3v) is 3.99. The molecule has 1 aliphatic rings. The van der Waals surface area contributed by atoms with Crippen LogP contribution in [0.5, 0.6) is 0 Å². The molecule has 0 atom stereocenters. The average molecular weight is 319 g/mol. The first-order valence-electron chi connectivity index (χ1n) is 7.21. The van der Waals surface area contributed by atoms with Crippen molar-refractivity contribution in [2.45, 2.75) is 26.4 Å². The average Bonchev–Trinajstić information content (AvgIpc) is 2.88. The highest BCUT2D eigenvalue weighted by Crippen LogP contribution is 2.36. The molecule has 0 fully saturated rings. The lowest BCUT2D eigenvalue weighted by molar-refractivity contribution is -0.137. The number of aromatic nitrogens is 1. The van der Waals surface area contributed by atoms with E-state index < -0.39 is 11.7 Å². The van der Waals surface area contributed by atoms with E-state index in [9.17, 15) is 13.2 Å². The Labute approximate surface area is 132 Å². The Morgan fingerprint density at radius 2 is 1.78 bits per heavy atom. The third-order valence-electron chi connectivity index (χ3n) is 3.99. The number of halogens is 3. The fraction of sp³-hybridized carbons (Fsp3) is 0.294. The highest BCUT2D eigenvalue weighted by atomic mass is 19.4. The van der Waals surface area contributed by atoms with Crippen molar-refractivity contribution >= 4 is 11.7 Å². The number of aryl methyl sites for hydroxylation is 2. The van der Waals surface area contributed by atoms with Crippen LogP contribution in [0.25, 0.3) is 11.3 Å². The molecule has 1 aromatic heterocycles. The van der Waals surface area contributed by atoms with Crippen LogP contribution in [0, 0.1) is 13.8 Å². The lowest BCUT2D eigenvalue weighted by Gasteiger charge is -2.14. The van der Waals surface area contributed by atoms with Gasteiger partial charge in [-0.15, -0.1) is 0 Å². The predicted molar refractivity (Wildman–Crippen MR) is 84.8 cm³/mol. The molecule has 3 rings (SSSR count). The molecule has 0 unspecified atom stereocenters. The molecule has 0 amide bonds. The molecule has 3 nitrogen and oxygen atoms in total. The predicted octanol–water partition coefficient (Wildman–Crippen LogP) is 4.38. The maximum atomic E-state index is 12.9. The van der Waals surface area contributed by atoms with Crippen LogP contribution >= 0.6 is 0 Å². The Morgan fingerprint density at radius 1 is 1.13 bits per heavy atom. The molecule has 0 aliphatic carbocycles. The zero-order valence-corrected chi connectivity index (χ0v) is 13.0. The Balaban J connectivity index is 2.07. The number of amidine groups is 1. The lowest BCUT2D eigenvalue weighted by Crippen LogP contribution is -2.07. The maximum absolute atomic E-state index is 12.9. The summed E-state index contributed by atoms with van der Waals surface area (Å²) in [5, 5.41) is 3.13. The summed E-state index contributed by atoms with van der Waals surface area (Å²) in [6.07, 6.45) is -3.64. The summed E-state index contributed by atoms with van der Waals surface area (Å²) >= 11 is 0. The van der Waals surface area contributed by atoms with Crippen molar-refractivity contribution in [2.24, 2.45) is 4.99 Å². The van der Waals surface area contributed by atoms with Crippen LogP contribution < -0.4 is 5.32 Å². The van der Waals surface area contributed by atoms with Gasteiger partial charge in [0, 0.05) is 24.6 Å². The fourth-order valence-corrected chi connectivity index (χ4v) is 2.91. The molecule has 0 radical (unpaired) electrons. The summed E-state index contributed by atoms with van der Waals surface area (Å²) in [4.78, 5) is 8.68. The van der Waals surface area contributed by atoms with E-state index in [1.165, 1.54) is 12.1 Å². The second kappa shape index (κ2) is 5.37. The van der Waals surface area contributed by atoms with Crippen molar-refractivity contribution in [3.8, 4) is 11.3 Å². The first kappa shape index (κ1) is 15.5. The first-order chi connectivity index (χ1) is 10.8. The SMILES string of the molecule is CN=C1Cc2ccc(-c3c(C)cc(C(F)(F)F)cc3C)nc2N1. The minimum atomic E-state index is -4.34. The second-order valence-corrected chi connectivity index (χ2v) is 5.66. The molecule has 0 spiro atoms. The number of fused-ring (bicyclic) bond motifs is 1. The standard InChI is InChI=1S/C17H16F3N3/c1-9-6-12(17(18,19)20)7-10(2)15(9)13-5-4-11-8-14(21-3)23-16(11)22-13/h4-7H,8H2,1-3H3,(H,21,22,23). The number of alkyl halides is 3. The highest BCUT2D eigenvalue weighted by molar-refractivity contribution is 6.02. The second-order valence-electron chi connectivity index (χ2n) is 5.66. The van der Waals surface area contributed by atoms with Crippen molar-refractivity contribution in [1.82, 2.24) is 4.98 Å². The Morgan fingerprint density at radius 3 is 2.35 bits per heavy atom. The van der Waals surface area contributed by atoms with Gasteiger partial charge in [0.2, 0.25) is 0 Å². The van der Waals surface area contributed by atoms with Gasteiger partial charge in [-0.2, -0.15) is 13.2 Å². The van der Waals surface area contributed by atoms with Crippen LogP contribution in [0.2, 0.25) is 0 Å². The fourth-order valence-electron chi connectivity index (χ4n) is 2.91. The largest absolute Gasteiger partial charge is 0.416 e. The Bertz CT molecular complexity index is 784. The molecule has 0 saturated heterocycles. The molecule has 0 bridgehead atoms. The number of anilines is 1. The number of aliphatic imine (C=N–C) groups is 1. The van der Waals surface area contributed by atoms with E-state index >= 15 is 0 Å². The number of hydrogen-bond donors (Lipinski definition) is 1. The maximum Gasteiger partial charge on any atom is 0.416 e. The highest BCUT2D eigenvalue weighted by Gasteiger charge is 2.31. The van der Waals surface area contributed by atoms with Gasteiger partial charge in [0.05, 0.1) is 11.3 Å². The van der Waals surface area contributed by atoms with E-state index in [4.69, 9.17) is 0 Å². The van der Waals surface area contributed by atoms with Crippen molar-refractivity contribution < 1.29 is 13.2 Å². The van der Waals surface area contributed by atoms with Crippen LogP contribution in [0.1, 0.15) is 22.3 Å². The minimum absolute atomic E-state index is 0.562. The van der Waals surface area contributed by atoms with Gasteiger partial charge in [-0.25, -0.2) is 4.98 Å². The van der Waals surface area contributed by atoms with Gasteiger partial charge in [-0.05, 0) is 43.2 Å². The minimum Gasteiger partial charge on any atom is -0.328 e. The van der Waals surface area contributed by atoms with E-state index in [2.05, 4.69) is 15.3 Å². The van der Waals surface area contributed by atoms with Crippen LogP contribution in [0.3, 0.4) is 0 Å². The molecule has 0 saturated carbocycles. The number of hydrogen-bond acceptors (Lipinski definition) is 2.